The minimum Gasteiger partial charge on any atom is -0.461 e. The second kappa shape index (κ2) is 8.46. The van der Waals surface area contributed by atoms with Crippen LogP contribution in [0.4, 0.5) is 4.39 Å². The summed E-state index contributed by atoms with van der Waals surface area (Å²) in [5, 5.41) is 0. The van der Waals surface area contributed by atoms with E-state index in [2.05, 4.69) is 32.9 Å². The summed E-state index contributed by atoms with van der Waals surface area (Å²) in [6, 6.07) is 0. The molecule has 176 valence electrons. The average Bonchev–Trinajstić information content (AvgIpc) is 3.10. The Balaban J connectivity index is 1.66. The van der Waals surface area contributed by atoms with Crippen molar-refractivity contribution >= 4 is 11.9 Å². The molecular formula is C27H37FO4. The fraction of sp³-hybridized carbons (Fsp3) is 0.704. The van der Waals surface area contributed by atoms with Crippen molar-refractivity contribution in [3.05, 3.63) is 34.9 Å². The minimum atomic E-state index is -0.800. The van der Waals surface area contributed by atoms with Crippen molar-refractivity contribution in [2.75, 3.05) is 6.61 Å². The molecule has 0 aromatic carbocycles. The molecule has 0 saturated heterocycles. The van der Waals surface area contributed by atoms with Crippen LogP contribution in [-0.2, 0) is 19.1 Å². The molecule has 0 amide bonds. The topological polar surface area (TPSA) is 52.6 Å². The first kappa shape index (κ1) is 23.3. The molecule has 0 radical (unpaired) electrons. The highest BCUT2D eigenvalue weighted by Gasteiger charge is 2.58. The van der Waals surface area contributed by atoms with Gasteiger partial charge in [-0.1, -0.05) is 26.8 Å². The van der Waals surface area contributed by atoms with Gasteiger partial charge in [0, 0.05) is 12.8 Å². The number of esters is 2. The number of rotatable bonds is 4. The third-order valence-corrected chi connectivity index (χ3v) is 9.15. The zero-order valence-corrected chi connectivity index (χ0v) is 20.1. The average molecular weight is 445 g/mol. The molecule has 2 saturated carbocycles. The van der Waals surface area contributed by atoms with Gasteiger partial charge in [0.2, 0.25) is 5.83 Å². The fourth-order valence-corrected chi connectivity index (χ4v) is 7.61. The molecule has 0 N–H and O–H groups in total. The molecule has 0 spiro atoms. The predicted molar refractivity (Wildman–Crippen MR) is 121 cm³/mol. The zero-order chi connectivity index (χ0) is 23.3. The zero-order valence-electron chi connectivity index (χ0n) is 20.1. The van der Waals surface area contributed by atoms with E-state index in [0.29, 0.717) is 29.7 Å². The molecule has 4 nitrogen and oxygen atoms in total. The molecule has 0 aromatic rings. The van der Waals surface area contributed by atoms with Gasteiger partial charge in [-0.3, -0.25) is 4.79 Å². The van der Waals surface area contributed by atoms with Crippen LogP contribution in [0.3, 0.4) is 0 Å². The lowest BCUT2D eigenvalue weighted by Gasteiger charge is -2.57. The second-order valence-electron chi connectivity index (χ2n) is 10.6. The number of halogens is 1. The Kier molecular flexibility index (Phi) is 6.15. The normalized spacial score (nSPS) is 39.7. The van der Waals surface area contributed by atoms with Gasteiger partial charge in [0.25, 0.3) is 0 Å². The largest absolute Gasteiger partial charge is 0.461 e. The number of hydrogen-bond acceptors (Lipinski definition) is 4. The van der Waals surface area contributed by atoms with Gasteiger partial charge in [-0.25, -0.2) is 4.79 Å². The summed E-state index contributed by atoms with van der Waals surface area (Å²) in [6.45, 7) is 10.1. The Morgan fingerprint density at radius 3 is 2.53 bits per heavy atom. The molecule has 0 heterocycles. The quantitative estimate of drug-likeness (QED) is 0.370. The van der Waals surface area contributed by atoms with E-state index in [1.165, 1.54) is 12.5 Å². The molecular weight excluding hydrogens is 407 g/mol. The molecule has 0 bridgehead atoms. The van der Waals surface area contributed by atoms with E-state index in [1.54, 1.807) is 6.92 Å². The number of fused-ring (bicyclic) bond motifs is 5. The van der Waals surface area contributed by atoms with E-state index in [1.807, 2.05) is 0 Å². The van der Waals surface area contributed by atoms with Crippen LogP contribution in [0, 0.1) is 34.5 Å². The SMILES string of the molecule is CCOC(=O)C(F)=C1CC[C@H]2[C@@H]3CC=C4C=C(OC(C)=O)[C@H](CC)C[C@]4(C)[C@H]3CC[C@]12C. The molecule has 0 aliphatic heterocycles. The molecule has 6 atom stereocenters. The van der Waals surface area contributed by atoms with Gasteiger partial charge in [-0.05, 0) is 97.7 Å². The van der Waals surface area contributed by atoms with Gasteiger partial charge in [-0.15, -0.1) is 0 Å². The number of hydrogen-bond donors (Lipinski definition) is 0. The Morgan fingerprint density at radius 2 is 1.88 bits per heavy atom. The van der Waals surface area contributed by atoms with Gasteiger partial charge in [0.15, 0.2) is 0 Å². The first-order valence-corrected chi connectivity index (χ1v) is 12.3. The van der Waals surface area contributed by atoms with Crippen LogP contribution in [-0.4, -0.2) is 18.5 Å². The maximum absolute atomic E-state index is 15.1. The third-order valence-electron chi connectivity index (χ3n) is 9.15. The van der Waals surface area contributed by atoms with Crippen molar-refractivity contribution in [3.8, 4) is 0 Å². The predicted octanol–water partition coefficient (Wildman–Crippen LogP) is 6.43. The summed E-state index contributed by atoms with van der Waals surface area (Å²) in [7, 11) is 0. The highest BCUT2D eigenvalue weighted by Crippen LogP contribution is 2.66. The highest BCUT2D eigenvalue weighted by molar-refractivity contribution is 5.87. The monoisotopic (exact) mass is 444 g/mol. The van der Waals surface area contributed by atoms with Gasteiger partial charge in [0.1, 0.15) is 5.76 Å². The van der Waals surface area contributed by atoms with Crippen molar-refractivity contribution in [2.45, 2.75) is 79.6 Å². The molecule has 4 aliphatic carbocycles. The van der Waals surface area contributed by atoms with Crippen molar-refractivity contribution < 1.29 is 23.5 Å². The summed E-state index contributed by atoms with van der Waals surface area (Å²) in [6.07, 6.45) is 10.9. The van der Waals surface area contributed by atoms with Gasteiger partial charge < -0.3 is 9.47 Å². The standard InChI is InChI=1S/C27H37FO4/c1-6-17-15-27(5)18(14-23(17)32-16(3)29)8-9-19-20-10-11-22(24(28)25(30)31-7-2)26(20,4)13-12-21(19)27/h8,14,17,19-21H,6-7,9-13,15H2,1-5H3/t17-,19+,20+,21+,26+,27+/m1/s1. The minimum absolute atomic E-state index is 0.0424. The summed E-state index contributed by atoms with van der Waals surface area (Å²) in [5.74, 6) is 0.737. The van der Waals surface area contributed by atoms with E-state index >= 15 is 4.39 Å². The summed E-state index contributed by atoms with van der Waals surface area (Å²) >= 11 is 0. The lowest BCUT2D eigenvalue weighted by molar-refractivity contribution is -0.140. The maximum atomic E-state index is 15.1. The van der Waals surface area contributed by atoms with Crippen molar-refractivity contribution in [2.24, 2.45) is 34.5 Å². The van der Waals surface area contributed by atoms with Crippen LogP contribution >= 0.6 is 0 Å². The third kappa shape index (κ3) is 3.56. The first-order valence-electron chi connectivity index (χ1n) is 12.3. The van der Waals surface area contributed by atoms with Gasteiger partial charge in [0.05, 0.1) is 6.61 Å². The molecule has 5 heteroatoms. The van der Waals surface area contributed by atoms with Crippen molar-refractivity contribution in [1.82, 2.24) is 0 Å². The fourth-order valence-electron chi connectivity index (χ4n) is 7.61. The van der Waals surface area contributed by atoms with E-state index in [4.69, 9.17) is 9.47 Å². The van der Waals surface area contributed by atoms with Crippen LogP contribution in [0.2, 0.25) is 0 Å². The summed E-state index contributed by atoms with van der Waals surface area (Å²) < 4.78 is 25.6. The molecule has 2 fully saturated rings. The van der Waals surface area contributed by atoms with Gasteiger partial charge in [-0.2, -0.15) is 4.39 Å². The van der Waals surface area contributed by atoms with Crippen LogP contribution in [0.25, 0.3) is 0 Å². The maximum Gasteiger partial charge on any atom is 0.367 e. The van der Waals surface area contributed by atoms with E-state index in [9.17, 15) is 9.59 Å². The Morgan fingerprint density at radius 1 is 1.16 bits per heavy atom. The lowest BCUT2D eigenvalue weighted by Crippen LogP contribution is -2.49. The number of carbonyl (C=O) groups excluding carboxylic acids is 2. The van der Waals surface area contributed by atoms with E-state index in [-0.39, 0.29) is 29.3 Å². The van der Waals surface area contributed by atoms with E-state index in [0.717, 1.165) is 44.3 Å². The van der Waals surface area contributed by atoms with Crippen LogP contribution in [0.15, 0.2) is 34.9 Å². The molecule has 0 aromatic heterocycles. The Hall–Kier alpha value is -1.91. The summed E-state index contributed by atoms with van der Waals surface area (Å²) in [5.41, 5.74) is 1.76. The first-order chi connectivity index (χ1) is 15.2. The Bertz CT molecular complexity index is 899. The number of ether oxygens (including phenoxy) is 2. The molecule has 4 rings (SSSR count). The molecule has 4 aliphatic rings. The highest BCUT2D eigenvalue weighted by atomic mass is 19.1. The van der Waals surface area contributed by atoms with Crippen molar-refractivity contribution in [3.63, 3.8) is 0 Å². The summed E-state index contributed by atoms with van der Waals surface area (Å²) in [4.78, 5) is 23.8. The van der Waals surface area contributed by atoms with E-state index < -0.39 is 11.8 Å². The van der Waals surface area contributed by atoms with Crippen LogP contribution in [0.5, 0.6) is 0 Å². The van der Waals surface area contributed by atoms with Gasteiger partial charge >= 0.3 is 11.9 Å². The second-order valence-corrected chi connectivity index (χ2v) is 10.6. The number of allylic oxidation sites excluding steroid dienone is 5. The van der Waals surface area contributed by atoms with Crippen molar-refractivity contribution in [1.29, 1.82) is 0 Å². The van der Waals surface area contributed by atoms with Crippen LogP contribution < -0.4 is 0 Å². The molecule has 0 unspecified atom stereocenters. The number of carbonyl (C=O) groups is 2. The smallest absolute Gasteiger partial charge is 0.367 e. The van der Waals surface area contributed by atoms with Crippen LogP contribution in [0.1, 0.15) is 79.6 Å². The lowest BCUT2D eigenvalue weighted by atomic mass is 9.47. The molecule has 32 heavy (non-hydrogen) atoms. The Labute approximate surface area is 191 Å².